The van der Waals surface area contributed by atoms with Crippen molar-refractivity contribution in [3.63, 3.8) is 0 Å². The first-order chi connectivity index (χ1) is 17.2. The molecule has 0 bridgehead atoms. The number of fused-ring (bicyclic) bond motifs is 2. The summed E-state index contributed by atoms with van der Waals surface area (Å²) in [4.78, 5) is 25.9. The van der Waals surface area contributed by atoms with E-state index in [1.807, 2.05) is 12.1 Å². The molecule has 1 aliphatic heterocycles. The molecular formula is C31H34N2O2. The summed E-state index contributed by atoms with van der Waals surface area (Å²) in [6.07, 6.45) is 11.8. The molecule has 2 aliphatic rings. The molecule has 2 unspecified atom stereocenters. The first-order valence-electron chi connectivity index (χ1n) is 13.0. The SMILES string of the molecule is O=C1CCCCCC/C=C\[C@@H]2CC2NC(=O)C(Cc2cccc(-c3ccc4ccccc4c3)c2)N1. The average molecular weight is 467 g/mol. The molecule has 1 fully saturated rings. The van der Waals surface area contributed by atoms with Crippen LogP contribution in [0.4, 0.5) is 0 Å². The number of hydrogen-bond acceptors (Lipinski definition) is 2. The summed E-state index contributed by atoms with van der Waals surface area (Å²) < 4.78 is 0. The number of hydrogen-bond donors (Lipinski definition) is 2. The molecule has 0 saturated heterocycles. The van der Waals surface area contributed by atoms with Gasteiger partial charge in [0.15, 0.2) is 0 Å². The molecule has 3 atom stereocenters. The molecule has 3 aromatic rings. The van der Waals surface area contributed by atoms with Crippen LogP contribution in [0.3, 0.4) is 0 Å². The molecule has 1 saturated carbocycles. The van der Waals surface area contributed by atoms with Crippen molar-refractivity contribution in [2.45, 2.75) is 63.5 Å². The average Bonchev–Trinajstić information content (AvgIpc) is 3.62. The lowest BCUT2D eigenvalue weighted by Crippen LogP contribution is -2.48. The molecule has 2 amide bonds. The van der Waals surface area contributed by atoms with Crippen molar-refractivity contribution in [1.29, 1.82) is 0 Å². The smallest absolute Gasteiger partial charge is 0.243 e. The molecule has 1 aliphatic carbocycles. The van der Waals surface area contributed by atoms with Gasteiger partial charge >= 0.3 is 0 Å². The van der Waals surface area contributed by atoms with E-state index in [1.165, 1.54) is 10.8 Å². The van der Waals surface area contributed by atoms with Crippen LogP contribution in [0.2, 0.25) is 0 Å². The Labute approximate surface area is 207 Å². The molecule has 5 rings (SSSR count). The highest BCUT2D eigenvalue weighted by atomic mass is 16.2. The Morgan fingerprint density at radius 3 is 2.51 bits per heavy atom. The molecule has 180 valence electrons. The van der Waals surface area contributed by atoms with Gasteiger partial charge in [-0.2, -0.15) is 0 Å². The lowest BCUT2D eigenvalue weighted by atomic mass is 9.97. The van der Waals surface area contributed by atoms with Crippen LogP contribution in [-0.4, -0.2) is 23.9 Å². The van der Waals surface area contributed by atoms with E-state index < -0.39 is 6.04 Å². The van der Waals surface area contributed by atoms with Gasteiger partial charge in [-0.25, -0.2) is 0 Å². The zero-order valence-electron chi connectivity index (χ0n) is 20.2. The Hall–Kier alpha value is -3.40. The van der Waals surface area contributed by atoms with E-state index in [0.717, 1.165) is 55.2 Å². The van der Waals surface area contributed by atoms with Crippen molar-refractivity contribution >= 4 is 22.6 Å². The predicted molar refractivity (Wildman–Crippen MR) is 142 cm³/mol. The zero-order chi connectivity index (χ0) is 24.0. The van der Waals surface area contributed by atoms with Crippen LogP contribution in [0.25, 0.3) is 21.9 Å². The fourth-order valence-corrected chi connectivity index (χ4v) is 5.01. The summed E-state index contributed by atoms with van der Waals surface area (Å²) in [6, 6.07) is 22.8. The fourth-order valence-electron chi connectivity index (χ4n) is 5.01. The van der Waals surface area contributed by atoms with Gasteiger partial charge in [0.2, 0.25) is 11.8 Å². The summed E-state index contributed by atoms with van der Waals surface area (Å²) in [5.41, 5.74) is 3.31. The number of rotatable bonds is 3. The van der Waals surface area contributed by atoms with Crippen LogP contribution < -0.4 is 10.6 Å². The van der Waals surface area contributed by atoms with Gasteiger partial charge < -0.3 is 10.6 Å². The van der Waals surface area contributed by atoms with Gasteiger partial charge in [0, 0.05) is 18.9 Å². The van der Waals surface area contributed by atoms with E-state index in [9.17, 15) is 9.59 Å². The van der Waals surface area contributed by atoms with Gasteiger partial charge in [-0.1, -0.05) is 85.7 Å². The molecule has 0 spiro atoms. The second kappa shape index (κ2) is 10.9. The van der Waals surface area contributed by atoms with E-state index in [4.69, 9.17) is 0 Å². The minimum absolute atomic E-state index is 0.0313. The molecule has 35 heavy (non-hydrogen) atoms. The standard InChI is InChI=1S/C31H34N2O2/c34-30-15-6-4-2-1-3-5-13-27-21-28(27)33-31(35)29(32-30)19-22-10-9-14-24(18-22)26-17-16-23-11-7-8-12-25(23)20-26/h5,7-14,16-18,20,27-29H,1-4,6,15,19,21H2,(H,32,34)(H,33,35)/b13-5-/t27-,28?,29?/m1/s1. The largest absolute Gasteiger partial charge is 0.351 e. The summed E-state index contributed by atoms with van der Waals surface area (Å²) in [5, 5.41) is 8.64. The molecule has 4 heteroatoms. The lowest BCUT2D eigenvalue weighted by molar-refractivity contribution is -0.129. The van der Waals surface area contributed by atoms with Gasteiger partial charge in [-0.15, -0.1) is 0 Å². The zero-order valence-corrected chi connectivity index (χ0v) is 20.2. The number of allylic oxidation sites excluding steroid dienone is 1. The van der Waals surface area contributed by atoms with E-state index in [-0.39, 0.29) is 17.9 Å². The Balaban J connectivity index is 1.33. The molecule has 0 radical (unpaired) electrons. The Bertz CT molecular complexity index is 1230. The van der Waals surface area contributed by atoms with Crippen molar-refractivity contribution in [3.8, 4) is 11.1 Å². The van der Waals surface area contributed by atoms with Crippen molar-refractivity contribution < 1.29 is 9.59 Å². The third kappa shape index (κ3) is 6.19. The molecule has 3 aromatic carbocycles. The molecule has 0 aromatic heterocycles. The van der Waals surface area contributed by atoms with Crippen molar-refractivity contribution in [2.24, 2.45) is 5.92 Å². The van der Waals surface area contributed by atoms with Crippen LogP contribution in [0, 0.1) is 5.92 Å². The van der Waals surface area contributed by atoms with E-state index in [0.29, 0.717) is 18.8 Å². The third-order valence-electron chi connectivity index (χ3n) is 7.18. The van der Waals surface area contributed by atoms with Crippen LogP contribution in [0.1, 0.15) is 50.5 Å². The maximum absolute atomic E-state index is 13.2. The van der Waals surface area contributed by atoms with Gasteiger partial charge in [-0.3, -0.25) is 9.59 Å². The maximum atomic E-state index is 13.2. The summed E-state index contributed by atoms with van der Waals surface area (Å²) in [5.74, 6) is 0.318. The molecule has 2 N–H and O–H groups in total. The number of nitrogens with one attached hydrogen (secondary N) is 2. The third-order valence-corrected chi connectivity index (χ3v) is 7.18. The second-order valence-electron chi connectivity index (χ2n) is 9.98. The van der Waals surface area contributed by atoms with Gasteiger partial charge in [0.05, 0.1) is 0 Å². The Kier molecular flexibility index (Phi) is 7.27. The fraction of sp³-hybridized carbons (Fsp3) is 0.355. The number of carbonyl (C=O) groups is 2. The van der Waals surface area contributed by atoms with Crippen molar-refractivity contribution in [1.82, 2.24) is 10.6 Å². The van der Waals surface area contributed by atoms with Crippen LogP contribution in [-0.2, 0) is 16.0 Å². The first kappa shape index (κ1) is 23.3. The molecule has 1 heterocycles. The minimum Gasteiger partial charge on any atom is -0.351 e. The van der Waals surface area contributed by atoms with Crippen LogP contribution in [0.5, 0.6) is 0 Å². The summed E-state index contributed by atoms with van der Waals surface area (Å²) in [6.45, 7) is 0. The van der Waals surface area contributed by atoms with E-state index in [2.05, 4.69) is 77.4 Å². The summed E-state index contributed by atoms with van der Waals surface area (Å²) >= 11 is 0. The Morgan fingerprint density at radius 1 is 0.771 bits per heavy atom. The van der Waals surface area contributed by atoms with Crippen molar-refractivity contribution in [2.75, 3.05) is 0 Å². The molecule has 4 nitrogen and oxygen atoms in total. The normalized spacial score (nSPS) is 24.4. The number of benzene rings is 3. The van der Waals surface area contributed by atoms with Gasteiger partial charge in [0.1, 0.15) is 6.04 Å². The maximum Gasteiger partial charge on any atom is 0.243 e. The first-order valence-corrected chi connectivity index (χ1v) is 13.0. The predicted octanol–water partition coefficient (Wildman–Crippen LogP) is 5.95. The quantitative estimate of drug-likeness (QED) is 0.469. The van der Waals surface area contributed by atoms with Gasteiger partial charge in [-0.05, 0) is 65.1 Å². The highest BCUT2D eigenvalue weighted by Crippen LogP contribution is 2.32. The van der Waals surface area contributed by atoms with Crippen molar-refractivity contribution in [3.05, 3.63) is 84.4 Å². The van der Waals surface area contributed by atoms with Crippen LogP contribution >= 0.6 is 0 Å². The topological polar surface area (TPSA) is 58.2 Å². The van der Waals surface area contributed by atoms with Crippen LogP contribution in [0.15, 0.2) is 78.9 Å². The van der Waals surface area contributed by atoms with Gasteiger partial charge in [0.25, 0.3) is 0 Å². The lowest BCUT2D eigenvalue weighted by Gasteiger charge is -2.19. The second-order valence-corrected chi connectivity index (χ2v) is 9.98. The number of carbonyl (C=O) groups excluding carboxylic acids is 2. The highest BCUT2D eigenvalue weighted by Gasteiger charge is 2.37. The van der Waals surface area contributed by atoms with E-state index >= 15 is 0 Å². The monoisotopic (exact) mass is 466 g/mol. The highest BCUT2D eigenvalue weighted by molar-refractivity contribution is 5.89. The van der Waals surface area contributed by atoms with E-state index in [1.54, 1.807) is 0 Å². The molecular weight excluding hydrogens is 432 g/mol. The number of amides is 2. The Morgan fingerprint density at radius 2 is 1.60 bits per heavy atom. The summed E-state index contributed by atoms with van der Waals surface area (Å²) in [7, 11) is 0. The minimum atomic E-state index is -0.565.